The average Bonchev–Trinajstić information content (AvgIpc) is 3.12. The Hall–Kier alpha value is -1.79. The summed E-state index contributed by atoms with van der Waals surface area (Å²) in [6.45, 7) is 8.65. The molecule has 1 aromatic carbocycles. The zero-order valence-corrected chi connectivity index (χ0v) is 16.9. The molecular formula is C19H26ClN5S. The number of hydrogen-bond acceptors (Lipinski definition) is 4. The van der Waals surface area contributed by atoms with Gasteiger partial charge in [0.25, 0.3) is 0 Å². The van der Waals surface area contributed by atoms with Crippen LogP contribution in [0.25, 0.3) is 0 Å². The Morgan fingerprint density at radius 3 is 2.54 bits per heavy atom. The Labute approximate surface area is 164 Å². The molecule has 0 unspecified atom stereocenters. The van der Waals surface area contributed by atoms with Crippen LogP contribution < -0.4 is 10.6 Å². The minimum atomic E-state index is 0.485. The van der Waals surface area contributed by atoms with Crippen molar-refractivity contribution < 1.29 is 0 Å². The normalized spacial score (nSPS) is 15.8. The summed E-state index contributed by atoms with van der Waals surface area (Å²) < 4.78 is 0. The number of aliphatic imine (C=N–C) groups is 1. The topological polar surface area (TPSA) is 57.8 Å². The van der Waals surface area contributed by atoms with Gasteiger partial charge in [0, 0.05) is 61.2 Å². The molecule has 140 valence electrons. The van der Waals surface area contributed by atoms with Gasteiger partial charge in [0.2, 0.25) is 0 Å². The van der Waals surface area contributed by atoms with E-state index in [9.17, 15) is 0 Å². The van der Waals surface area contributed by atoms with Crippen LogP contribution in [0.5, 0.6) is 0 Å². The number of piperazine rings is 1. The fraction of sp³-hybridized carbons (Fsp3) is 0.474. The van der Waals surface area contributed by atoms with Crippen molar-refractivity contribution in [1.29, 1.82) is 0 Å². The zero-order valence-electron chi connectivity index (χ0n) is 15.4. The molecule has 0 aliphatic carbocycles. The Morgan fingerprint density at radius 1 is 1.23 bits per heavy atom. The van der Waals surface area contributed by atoms with Gasteiger partial charge in [0.05, 0.1) is 10.7 Å². The van der Waals surface area contributed by atoms with Crippen LogP contribution in [0.4, 0.5) is 5.69 Å². The number of thiazole rings is 1. The highest BCUT2D eigenvalue weighted by Gasteiger charge is 2.18. The van der Waals surface area contributed by atoms with Crippen molar-refractivity contribution in [3.8, 4) is 0 Å². The molecule has 5 nitrogen and oxygen atoms in total. The van der Waals surface area contributed by atoms with E-state index in [1.807, 2.05) is 12.1 Å². The Bertz CT molecular complexity index is 733. The van der Waals surface area contributed by atoms with Gasteiger partial charge in [-0.1, -0.05) is 25.4 Å². The van der Waals surface area contributed by atoms with Crippen LogP contribution in [0, 0.1) is 0 Å². The molecule has 1 saturated heterocycles. The van der Waals surface area contributed by atoms with Crippen LogP contribution in [-0.2, 0) is 6.42 Å². The van der Waals surface area contributed by atoms with E-state index < -0.39 is 0 Å². The zero-order chi connectivity index (χ0) is 18.5. The van der Waals surface area contributed by atoms with Crippen molar-refractivity contribution in [2.45, 2.75) is 26.2 Å². The molecule has 0 atom stereocenters. The summed E-state index contributed by atoms with van der Waals surface area (Å²) in [5, 5.41) is 4.09. The fourth-order valence-electron chi connectivity index (χ4n) is 2.93. The maximum atomic E-state index is 6.19. The molecular weight excluding hydrogens is 366 g/mol. The molecule has 3 rings (SSSR count). The summed E-state index contributed by atoms with van der Waals surface area (Å²) in [6.07, 6.45) is 0.842. The maximum Gasteiger partial charge on any atom is 0.191 e. The smallest absolute Gasteiger partial charge is 0.191 e. The van der Waals surface area contributed by atoms with Gasteiger partial charge in [-0.05, 0) is 24.3 Å². The summed E-state index contributed by atoms with van der Waals surface area (Å²) in [5.74, 6) is 1.12. The molecule has 26 heavy (non-hydrogen) atoms. The summed E-state index contributed by atoms with van der Waals surface area (Å²) >= 11 is 7.69. The van der Waals surface area contributed by atoms with Gasteiger partial charge < -0.3 is 15.5 Å². The molecule has 0 amide bonds. The molecule has 2 heterocycles. The van der Waals surface area contributed by atoms with E-state index in [0.717, 1.165) is 43.3 Å². The molecule has 7 heteroatoms. The van der Waals surface area contributed by atoms with Gasteiger partial charge >= 0.3 is 0 Å². The molecule has 0 spiro atoms. The van der Waals surface area contributed by atoms with Gasteiger partial charge in [0.15, 0.2) is 5.96 Å². The fourth-order valence-corrected chi connectivity index (χ4v) is 3.93. The number of anilines is 1. The first kappa shape index (κ1) is 19.0. The number of nitrogens with two attached hydrogens (primary N) is 1. The average molecular weight is 392 g/mol. The van der Waals surface area contributed by atoms with Gasteiger partial charge in [-0.15, -0.1) is 11.3 Å². The van der Waals surface area contributed by atoms with E-state index >= 15 is 0 Å². The lowest BCUT2D eigenvalue weighted by atomic mass is 10.2. The number of hydrogen-bond donors (Lipinski definition) is 1. The second-order valence-corrected chi connectivity index (χ2v) is 8.10. The second-order valence-electron chi connectivity index (χ2n) is 6.77. The Kier molecular flexibility index (Phi) is 6.38. The van der Waals surface area contributed by atoms with E-state index in [0.29, 0.717) is 18.4 Å². The summed E-state index contributed by atoms with van der Waals surface area (Å²) in [7, 11) is 0. The van der Waals surface area contributed by atoms with Gasteiger partial charge in [-0.3, -0.25) is 4.99 Å². The minimum Gasteiger partial charge on any atom is -0.370 e. The predicted molar refractivity (Wildman–Crippen MR) is 112 cm³/mol. The van der Waals surface area contributed by atoms with Crippen LogP contribution in [0.3, 0.4) is 0 Å². The molecule has 0 radical (unpaired) electrons. The van der Waals surface area contributed by atoms with E-state index in [1.165, 1.54) is 10.7 Å². The Balaban J connectivity index is 1.47. The molecule has 1 aliphatic heterocycles. The first-order valence-corrected chi connectivity index (χ1v) is 10.3. The first-order valence-electron chi connectivity index (χ1n) is 9.02. The van der Waals surface area contributed by atoms with Crippen molar-refractivity contribution in [1.82, 2.24) is 9.88 Å². The van der Waals surface area contributed by atoms with Crippen LogP contribution in [0.1, 0.15) is 30.5 Å². The lowest BCUT2D eigenvalue weighted by Gasteiger charge is -2.36. The largest absolute Gasteiger partial charge is 0.370 e. The van der Waals surface area contributed by atoms with Crippen molar-refractivity contribution in [3.63, 3.8) is 0 Å². The highest BCUT2D eigenvalue weighted by atomic mass is 35.5. The number of benzene rings is 1. The molecule has 2 aromatic rings. The first-order chi connectivity index (χ1) is 12.5. The van der Waals surface area contributed by atoms with Crippen LogP contribution >= 0.6 is 22.9 Å². The predicted octanol–water partition coefficient (Wildman–Crippen LogP) is 3.60. The van der Waals surface area contributed by atoms with Crippen molar-refractivity contribution in [2.75, 3.05) is 37.6 Å². The molecule has 1 fully saturated rings. The highest BCUT2D eigenvalue weighted by molar-refractivity contribution is 7.09. The maximum absolute atomic E-state index is 6.19. The van der Waals surface area contributed by atoms with Crippen LogP contribution in [0.15, 0.2) is 34.6 Å². The lowest BCUT2D eigenvalue weighted by Crippen LogP contribution is -2.51. The summed E-state index contributed by atoms with van der Waals surface area (Å²) in [5.41, 5.74) is 8.51. The quantitative estimate of drug-likeness (QED) is 0.625. The SMILES string of the molecule is CC(C)c1nc(CCN=C(N)N2CCN(c3ccc(Cl)cc3)CC2)cs1. The van der Waals surface area contributed by atoms with Crippen LogP contribution in [0.2, 0.25) is 5.02 Å². The third-order valence-corrected chi connectivity index (χ3v) is 5.95. The summed E-state index contributed by atoms with van der Waals surface area (Å²) in [4.78, 5) is 13.7. The van der Waals surface area contributed by atoms with Crippen molar-refractivity contribution in [2.24, 2.45) is 10.7 Å². The molecule has 2 N–H and O–H groups in total. The second kappa shape index (κ2) is 8.73. The standard InChI is InChI=1S/C19H26ClN5S/c1-14(2)18-23-16(13-26-18)7-8-22-19(21)25-11-9-24(10-12-25)17-5-3-15(20)4-6-17/h3-6,13-14H,7-12H2,1-2H3,(H2,21,22). The molecule has 1 aliphatic rings. The molecule has 0 bridgehead atoms. The van der Waals surface area contributed by atoms with Crippen molar-refractivity contribution in [3.05, 3.63) is 45.4 Å². The number of guanidine groups is 1. The van der Waals surface area contributed by atoms with E-state index in [4.69, 9.17) is 17.3 Å². The van der Waals surface area contributed by atoms with E-state index in [2.05, 4.69) is 51.1 Å². The third-order valence-electron chi connectivity index (χ3n) is 4.50. The Morgan fingerprint density at radius 2 is 1.92 bits per heavy atom. The number of nitrogens with zero attached hydrogens (tertiary/aromatic N) is 4. The highest BCUT2D eigenvalue weighted by Crippen LogP contribution is 2.20. The van der Waals surface area contributed by atoms with E-state index in [-0.39, 0.29) is 0 Å². The number of aromatic nitrogens is 1. The number of rotatable bonds is 5. The lowest BCUT2D eigenvalue weighted by molar-refractivity contribution is 0.381. The molecule has 1 aromatic heterocycles. The van der Waals surface area contributed by atoms with Gasteiger partial charge in [0.1, 0.15) is 0 Å². The minimum absolute atomic E-state index is 0.485. The monoisotopic (exact) mass is 391 g/mol. The van der Waals surface area contributed by atoms with Crippen LogP contribution in [-0.4, -0.2) is 48.6 Å². The summed E-state index contributed by atoms with van der Waals surface area (Å²) in [6, 6.07) is 7.99. The third kappa shape index (κ3) is 4.89. The van der Waals surface area contributed by atoms with Gasteiger partial charge in [-0.25, -0.2) is 4.98 Å². The molecule has 0 saturated carbocycles. The number of halogens is 1. The van der Waals surface area contributed by atoms with E-state index in [1.54, 1.807) is 11.3 Å². The van der Waals surface area contributed by atoms with Crippen molar-refractivity contribution >= 4 is 34.6 Å². The van der Waals surface area contributed by atoms with Gasteiger partial charge in [-0.2, -0.15) is 0 Å².